The van der Waals surface area contributed by atoms with Gasteiger partial charge in [-0.3, -0.25) is 9.69 Å². The van der Waals surface area contributed by atoms with Crippen molar-refractivity contribution in [2.24, 2.45) is 0 Å². The molecular weight excluding hydrogens is 280 g/mol. The third kappa shape index (κ3) is 2.65. The molecule has 0 spiro atoms. The quantitative estimate of drug-likeness (QED) is 0.852. The summed E-state index contributed by atoms with van der Waals surface area (Å²) >= 11 is 0. The molecule has 0 aliphatic carbocycles. The van der Waals surface area contributed by atoms with Crippen molar-refractivity contribution >= 4 is 5.91 Å². The Bertz CT molecular complexity index is 573. The number of carbonyl (C=O) groups excluding carboxylic acids is 1. The van der Waals surface area contributed by atoms with E-state index in [1.165, 1.54) is 5.56 Å². The summed E-state index contributed by atoms with van der Waals surface area (Å²) in [5.41, 5.74) is 2.42. The molecule has 1 amide bonds. The zero-order valence-electron chi connectivity index (χ0n) is 13.6. The number of likely N-dealkylation sites (tertiary alicyclic amines) is 1. The molecule has 0 radical (unpaired) electrons. The molecule has 120 valence electrons. The number of nitrogens with zero attached hydrogens (tertiary/aromatic N) is 2. The number of fused-ring (bicyclic) bond motifs is 1. The first kappa shape index (κ1) is 15.2. The van der Waals surface area contributed by atoms with Crippen LogP contribution in [0.5, 0.6) is 11.5 Å². The smallest absolute Gasteiger partial charge is 0.240 e. The molecule has 1 saturated heterocycles. The van der Waals surface area contributed by atoms with Gasteiger partial charge >= 0.3 is 0 Å². The highest BCUT2D eigenvalue weighted by atomic mass is 16.5. The minimum absolute atomic E-state index is 0.0571. The van der Waals surface area contributed by atoms with E-state index in [1.54, 1.807) is 14.2 Å². The fourth-order valence-electron chi connectivity index (χ4n) is 3.50. The van der Waals surface area contributed by atoms with Gasteiger partial charge in [0.15, 0.2) is 11.5 Å². The van der Waals surface area contributed by atoms with E-state index in [0.29, 0.717) is 6.54 Å². The van der Waals surface area contributed by atoms with Gasteiger partial charge in [-0.1, -0.05) is 0 Å². The number of hydrogen-bond donors (Lipinski definition) is 0. The second kappa shape index (κ2) is 6.16. The number of amides is 1. The first-order chi connectivity index (χ1) is 10.6. The Morgan fingerprint density at radius 2 is 1.82 bits per heavy atom. The summed E-state index contributed by atoms with van der Waals surface area (Å²) in [5.74, 6) is 1.76. The van der Waals surface area contributed by atoms with E-state index in [2.05, 4.69) is 4.90 Å². The molecule has 0 bridgehead atoms. The molecule has 0 N–H and O–H groups in total. The molecule has 3 rings (SSSR count). The van der Waals surface area contributed by atoms with Gasteiger partial charge in [-0.05, 0) is 56.1 Å². The van der Waals surface area contributed by atoms with Crippen molar-refractivity contribution in [1.29, 1.82) is 0 Å². The highest BCUT2D eigenvalue weighted by molar-refractivity contribution is 5.82. The molecule has 5 heteroatoms. The van der Waals surface area contributed by atoms with Crippen LogP contribution in [0.25, 0.3) is 0 Å². The Hall–Kier alpha value is -1.75. The lowest BCUT2D eigenvalue weighted by atomic mass is 9.98. The van der Waals surface area contributed by atoms with E-state index >= 15 is 0 Å². The second-order valence-corrected chi connectivity index (χ2v) is 6.12. The highest BCUT2D eigenvalue weighted by Gasteiger charge is 2.33. The van der Waals surface area contributed by atoms with Gasteiger partial charge in [-0.2, -0.15) is 0 Å². The van der Waals surface area contributed by atoms with Gasteiger partial charge in [0, 0.05) is 13.1 Å². The van der Waals surface area contributed by atoms with Gasteiger partial charge in [-0.15, -0.1) is 0 Å². The standard InChI is InChI=1S/C17H24N2O3/c1-18-7-4-5-14(18)17(20)19-8-6-12-9-15(21-2)16(22-3)10-13(12)11-19/h9-10,14H,4-8,11H2,1-3H3. The Balaban J connectivity index is 1.79. The molecule has 2 aliphatic rings. The molecule has 1 atom stereocenters. The molecule has 22 heavy (non-hydrogen) atoms. The van der Waals surface area contributed by atoms with Gasteiger partial charge in [-0.25, -0.2) is 0 Å². The lowest BCUT2D eigenvalue weighted by molar-refractivity contribution is -0.136. The average molecular weight is 304 g/mol. The first-order valence-electron chi connectivity index (χ1n) is 7.87. The monoisotopic (exact) mass is 304 g/mol. The summed E-state index contributed by atoms with van der Waals surface area (Å²) in [6.07, 6.45) is 2.96. The number of hydrogen-bond acceptors (Lipinski definition) is 4. The maximum Gasteiger partial charge on any atom is 0.240 e. The van der Waals surface area contributed by atoms with Gasteiger partial charge in [0.2, 0.25) is 5.91 Å². The van der Waals surface area contributed by atoms with Crippen LogP contribution in [-0.2, 0) is 17.8 Å². The van der Waals surface area contributed by atoms with Crippen LogP contribution in [0.2, 0.25) is 0 Å². The van der Waals surface area contributed by atoms with Crippen LogP contribution in [0, 0.1) is 0 Å². The van der Waals surface area contributed by atoms with Crippen LogP contribution in [0.3, 0.4) is 0 Å². The van der Waals surface area contributed by atoms with Crippen molar-refractivity contribution in [2.45, 2.75) is 31.8 Å². The summed E-state index contributed by atoms with van der Waals surface area (Å²) in [6, 6.07) is 4.10. The molecule has 1 aromatic rings. The Morgan fingerprint density at radius 3 is 2.41 bits per heavy atom. The summed E-state index contributed by atoms with van der Waals surface area (Å²) in [6.45, 7) is 2.47. The van der Waals surface area contributed by atoms with Crippen molar-refractivity contribution in [3.8, 4) is 11.5 Å². The van der Waals surface area contributed by atoms with Crippen LogP contribution in [0.1, 0.15) is 24.0 Å². The Morgan fingerprint density at radius 1 is 1.14 bits per heavy atom. The van der Waals surface area contributed by atoms with Crippen LogP contribution >= 0.6 is 0 Å². The number of benzene rings is 1. The average Bonchev–Trinajstić information content (AvgIpc) is 2.98. The number of ether oxygens (including phenoxy) is 2. The van der Waals surface area contributed by atoms with Crippen molar-refractivity contribution in [3.05, 3.63) is 23.3 Å². The van der Waals surface area contributed by atoms with Crippen molar-refractivity contribution in [2.75, 3.05) is 34.4 Å². The number of rotatable bonds is 3. The van der Waals surface area contributed by atoms with Gasteiger partial charge in [0.1, 0.15) is 0 Å². The maximum absolute atomic E-state index is 12.7. The number of methoxy groups -OCH3 is 2. The highest BCUT2D eigenvalue weighted by Crippen LogP contribution is 2.33. The third-order valence-electron chi connectivity index (χ3n) is 4.84. The van der Waals surface area contributed by atoms with E-state index in [0.717, 1.165) is 49.4 Å². The predicted molar refractivity (Wildman–Crippen MR) is 84.3 cm³/mol. The van der Waals surface area contributed by atoms with E-state index in [4.69, 9.17) is 9.47 Å². The molecule has 1 unspecified atom stereocenters. The summed E-state index contributed by atoms with van der Waals surface area (Å²) < 4.78 is 10.7. The normalized spacial score (nSPS) is 21.6. The largest absolute Gasteiger partial charge is 0.493 e. The topological polar surface area (TPSA) is 42.0 Å². The molecule has 0 aromatic heterocycles. The van der Waals surface area contributed by atoms with Gasteiger partial charge in [0.05, 0.1) is 20.3 Å². The lowest BCUT2D eigenvalue weighted by Crippen LogP contribution is -2.46. The van der Waals surface area contributed by atoms with E-state index < -0.39 is 0 Å². The zero-order chi connectivity index (χ0) is 15.7. The number of likely N-dealkylation sites (N-methyl/N-ethyl adjacent to an activating group) is 1. The van der Waals surface area contributed by atoms with Crippen LogP contribution in [-0.4, -0.2) is 56.1 Å². The van der Waals surface area contributed by atoms with Crippen LogP contribution < -0.4 is 9.47 Å². The molecule has 5 nitrogen and oxygen atoms in total. The SMILES string of the molecule is COc1cc2c(cc1OC)CN(C(=O)C1CCCN1C)CC2. The first-order valence-corrected chi connectivity index (χ1v) is 7.87. The van der Waals surface area contributed by atoms with Gasteiger partial charge < -0.3 is 14.4 Å². The minimum atomic E-state index is 0.0571. The van der Waals surface area contributed by atoms with Gasteiger partial charge in [0.25, 0.3) is 0 Å². The van der Waals surface area contributed by atoms with E-state index in [9.17, 15) is 4.79 Å². The summed E-state index contributed by atoms with van der Waals surface area (Å²) in [4.78, 5) is 16.9. The number of carbonyl (C=O) groups is 1. The Labute approximate surface area is 131 Å². The second-order valence-electron chi connectivity index (χ2n) is 6.12. The lowest BCUT2D eigenvalue weighted by Gasteiger charge is -2.33. The minimum Gasteiger partial charge on any atom is -0.493 e. The van der Waals surface area contributed by atoms with Crippen molar-refractivity contribution in [3.63, 3.8) is 0 Å². The molecule has 2 aliphatic heterocycles. The van der Waals surface area contributed by atoms with Crippen LogP contribution in [0.15, 0.2) is 12.1 Å². The zero-order valence-corrected chi connectivity index (χ0v) is 13.6. The molecule has 1 fully saturated rings. The van der Waals surface area contributed by atoms with Crippen molar-refractivity contribution < 1.29 is 14.3 Å². The van der Waals surface area contributed by atoms with Crippen molar-refractivity contribution in [1.82, 2.24) is 9.80 Å². The van der Waals surface area contributed by atoms with E-state index in [-0.39, 0.29) is 11.9 Å². The maximum atomic E-state index is 12.7. The predicted octanol–water partition coefficient (Wildman–Crippen LogP) is 1.68. The fraction of sp³-hybridized carbons (Fsp3) is 0.588. The van der Waals surface area contributed by atoms with Crippen LogP contribution in [0.4, 0.5) is 0 Å². The molecule has 1 aromatic carbocycles. The fourth-order valence-corrected chi connectivity index (χ4v) is 3.50. The molecule has 0 saturated carbocycles. The summed E-state index contributed by atoms with van der Waals surface area (Å²) in [7, 11) is 5.34. The Kier molecular flexibility index (Phi) is 4.25. The molecular formula is C17H24N2O3. The third-order valence-corrected chi connectivity index (χ3v) is 4.84. The van der Waals surface area contributed by atoms with E-state index in [1.807, 2.05) is 24.1 Å². The summed E-state index contributed by atoms with van der Waals surface area (Å²) in [5, 5.41) is 0. The molecule has 2 heterocycles.